The Bertz CT molecular complexity index is 1120. The van der Waals surface area contributed by atoms with E-state index in [1.165, 1.54) is 0 Å². The number of carbonyl (C=O) groups excluding carboxylic acids is 1. The number of amides is 1. The van der Waals surface area contributed by atoms with Gasteiger partial charge in [0.25, 0.3) is 5.91 Å². The number of aromatic amines is 1. The first-order chi connectivity index (χ1) is 15.2. The maximum absolute atomic E-state index is 12.8. The lowest BCUT2D eigenvalue weighted by atomic mass is 9.93. The van der Waals surface area contributed by atoms with Crippen LogP contribution in [0.4, 0.5) is 0 Å². The van der Waals surface area contributed by atoms with Crippen molar-refractivity contribution in [3.63, 3.8) is 0 Å². The van der Waals surface area contributed by atoms with Crippen molar-refractivity contribution >= 4 is 5.91 Å². The highest BCUT2D eigenvalue weighted by Crippen LogP contribution is 2.33. The van der Waals surface area contributed by atoms with Gasteiger partial charge in [0.1, 0.15) is 11.5 Å². The van der Waals surface area contributed by atoms with Crippen molar-refractivity contribution in [3.05, 3.63) is 66.4 Å². The van der Waals surface area contributed by atoms with E-state index >= 15 is 0 Å². The molecule has 2 saturated heterocycles. The number of nitrogens with zero attached hydrogens (tertiary/aromatic N) is 2. The molecule has 4 atom stereocenters. The number of hydrogen-bond donors (Lipinski definition) is 3. The topological polar surface area (TPSA) is 103 Å². The molecule has 3 N–H and O–H groups in total. The molecule has 2 aliphatic rings. The molecule has 0 aliphatic carbocycles. The van der Waals surface area contributed by atoms with E-state index in [-0.39, 0.29) is 23.9 Å². The van der Waals surface area contributed by atoms with Crippen molar-refractivity contribution in [1.29, 1.82) is 5.26 Å². The van der Waals surface area contributed by atoms with Gasteiger partial charge in [-0.15, -0.1) is 0 Å². The molecule has 5 rings (SSSR count). The molecule has 1 aromatic heterocycles. The fourth-order valence-electron chi connectivity index (χ4n) is 4.58. The largest absolute Gasteiger partial charge is 0.457 e. The summed E-state index contributed by atoms with van der Waals surface area (Å²) in [7, 11) is 0. The quantitative estimate of drug-likeness (QED) is 0.593. The summed E-state index contributed by atoms with van der Waals surface area (Å²) in [5.41, 5.74) is 1.88. The summed E-state index contributed by atoms with van der Waals surface area (Å²) in [6.07, 6.45) is 2.47. The second-order valence-corrected chi connectivity index (χ2v) is 8.16. The van der Waals surface area contributed by atoms with Gasteiger partial charge in [0, 0.05) is 29.6 Å². The third-order valence-electron chi connectivity index (χ3n) is 6.04. The minimum Gasteiger partial charge on any atom is -0.457 e. The predicted octanol–water partition coefficient (Wildman–Crippen LogP) is 3.63. The molecule has 2 aromatic carbocycles. The van der Waals surface area contributed by atoms with Crippen LogP contribution in [0.1, 0.15) is 29.8 Å². The van der Waals surface area contributed by atoms with Crippen molar-refractivity contribution in [2.45, 2.75) is 37.4 Å². The van der Waals surface area contributed by atoms with Crippen LogP contribution in [0.25, 0.3) is 11.3 Å². The van der Waals surface area contributed by atoms with E-state index < -0.39 is 0 Å². The first-order valence-electron chi connectivity index (χ1n) is 10.5. The summed E-state index contributed by atoms with van der Waals surface area (Å²) in [4.78, 5) is 12.8. The van der Waals surface area contributed by atoms with Crippen molar-refractivity contribution in [2.24, 2.45) is 5.92 Å². The molecule has 2 fully saturated rings. The van der Waals surface area contributed by atoms with E-state index in [4.69, 9.17) is 4.74 Å². The maximum Gasteiger partial charge on any atom is 0.272 e. The molecule has 2 bridgehead atoms. The van der Waals surface area contributed by atoms with Crippen molar-refractivity contribution in [1.82, 2.24) is 20.8 Å². The first-order valence-corrected chi connectivity index (χ1v) is 10.5. The number of hydrogen-bond acceptors (Lipinski definition) is 5. The van der Waals surface area contributed by atoms with Gasteiger partial charge in [0.05, 0.1) is 11.8 Å². The Kier molecular flexibility index (Phi) is 5.14. The van der Waals surface area contributed by atoms with Crippen LogP contribution in [-0.4, -0.2) is 34.2 Å². The van der Waals surface area contributed by atoms with Crippen LogP contribution < -0.4 is 15.4 Å². The van der Waals surface area contributed by atoms with E-state index in [1.807, 2.05) is 54.6 Å². The molecule has 7 nitrogen and oxygen atoms in total. The highest BCUT2D eigenvalue weighted by atomic mass is 16.5. The molecule has 0 radical (unpaired) electrons. The Hall–Kier alpha value is -3.63. The number of carbonyl (C=O) groups is 1. The summed E-state index contributed by atoms with van der Waals surface area (Å²) >= 11 is 0. The molecule has 31 heavy (non-hydrogen) atoms. The lowest BCUT2D eigenvalue weighted by molar-refractivity contribution is 0.0927. The molecule has 0 saturated carbocycles. The van der Waals surface area contributed by atoms with Gasteiger partial charge < -0.3 is 15.4 Å². The minimum atomic E-state index is -0.211. The second-order valence-electron chi connectivity index (χ2n) is 8.16. The number of benzene rings is 2. The van der Waals surface area contributed by atoms with Gasteiger partial charge in [0.2, 0.25) is 0 Å². The van der Waals surface area contributed by atoms with Crippen LogP contribution in [0.5, 0.6) is 11.5 Å². The second kappa shape index (κ2) is 8.25. The normalized spacial score (nSPS) is 24.4. The Morgan fingerprint density at radius 2 is 1.90 bits per heavy atom. The van der Waals surface area contributed by atoms with Crippen molar-refractivity contribution < 1.29 is 9.53 Å². The number of aromatic nitrogens is 2. The van der Waals surface area contributed by atoms with Gasteiger partial charge in [-0.05, 0) is 49.6 Å². The van der Waals surface area contributed by atoms with E-state index in [9.17, 15) is 10.1 Å². The van der Waals surface area contributed by atoms with Gasteiger partial charge in [0.15, 0.2) is 5.69 Å². The Balaban J connectivity index is 1.31. The van der Waals surface area contributed by atoms with E-state index in [0.717, 1.165) is 30.6 Å². The van der Waals surface area contributed by atoms with Gasteiger partial charge in [-0.3, -0.25) is 9.89 Å². The molecule has 3 heterocycles. The first kappa shape index (κ1) is 19.3. The Morgan fingerprint density at radius 1 is 1.10 bits per heavy atom. The molecular formula is C24H23N5O2. The molecular weight excluding hydrogens is 390 g/mol. The average Bonchev–Trinajstić information content (AvgIpc) is 3.39. The molecule has 1 amide bonds. The monoisotopic (exact) mass is 413 g/mol. The van der Waals surface area contributed by atoms with Gasteiger partial charge in [-0.25, -0.2) is 0 Å². The zero-order valence-corrected chi connectivity index (χ0v) is 16.9. The zero-order valence-electron chi connectivity index (χ0n) is 16.9. The zero-order chi connectivity index (χ0) is 21.2. The number of rotatable bonds is 5. The molecule has 1 unspecified atom stereocenters. The van der Waals surface area contributed by atoms with E-state index in [1.54, 1.807) is 6.07 Å². The molecule has 7 heteroatoms. The SMILES string of the molecule is N#CC1C[C@H]2C[C@@H](NC(=O)c3cc(-c4ccccc4Oc4ccccc4)[nH]n3)[C@@H](C1)N2. The number of fused-ring (bicyclic) bond motifs is 2. The highest BCUT2D eigenvalue weighted by Gasteiger charge is 2.41. The van der Waals surface area contributed by atoms with Crippen LogP contribution in [0.3, 0.4) is 0 Å². The standard InChI is InChI=1S/C24H23N5O2/c25-14-15-10-16-12-21(20(11-15)26-16)27-24(30)22-13-19(28-29-22)18-8-4-5-9-23(18)31-17-6-2-1-3-7-17/h1-9,13,15-16,20-21,26H,10-12H2,(H,27,30)(H,28,29)/t15?,16-,20+,21+/m0/s1. The number of piperidine rings is 1. The molecule has 2 aliphatic heterocycles. The smallest absolute Gasteiger partial charge is 0.272 e. The van der Waals surface area contributed by atoms with E-state index in [2.05, 4.69) is 26.9 Å². The number of H-pyrrole nitrogens is 1. The van der Waals surface area contributed by atoms with Crippen molar-refractivity contribution in [3.8, 4) is 28.8 Å². The third-order valence-corrected chi connectivity index (χ3v) is 6.04. The van der Waals surface area contributed by atoms with Gasteiger partial charge >= 0.3 is 0 Å². The number of para-hydroxylation sites is 2. The van der Waals surface area contributed by atoms with Crippen LogP contribution in [0, 0.1) is 17.2 Å². The Morgan fingerprint density at radius 3 is 2.74 bits per heavy atom. The summed E-state index contributed by atoms with van der Waals surface area (Å²) in [6.45, 7) is 0. The molecule has 0 spiro atoms. The van der Waals surface area contributed by atoms with Gasteiger partial charge in [-0.2, -0.15) is 10.4 Å². The number of nitrogens with one attached hydrogen (secondary N) is 3. The number of ether oxygens (including phenoxy) is 1. The summed E-state index contributed by atoms with van der Waals surface area (Å²) in [5, 5.41) is 23.1. The maximum atomic E-state index is 12.8. The number of nitriles is 1. The lowest BCUT2D eigenvalue weighted by Gasteiger charge is -2.26. The van der Waals surface area contributed by atoms with Crippen LogP contribution >= 0.6 is 0 Å². The molecule has 156 valence electrons. The summed E-state index contributed by atoms with van der Waals surface area (Å²) in [5.74, 6) is 1.27. The fourth-order valence-corrected chi connectivity index (χ4v) is 4.58. The van der Waals surface area contributed by atoms with Crippen LogP contribution in [0.15, 0.2) is 60.7 Å². The Labute approximate surface area is 180 Å². The van der Waals surface area contributed by atoms with E-state index in [0.29, 0.717) is 23.2 Å². The van der Waals surface area contributed by atoms with Gasteiger partial charge in [-0.1, -0.05) is 30.3 Å². The predicted molar refractivity (Wildman–Crippen MR) is 115 cm³/mol. The van der Waals surface area contributed by atoms with Crippen LogP contribution in [-0.2, 0) is 0 Å². The fraction of sp³-hybridized carbons (Fsp3) is 0.292. The van der Waals surface area contributed by atoms with Crippen molar-refractivity contribution in [2.75, 3.05) is 0 Å². The lowest BCUT2D eigenvalue weighted by Crippen LogP contribution is -2.46. The summed E-state index contributed by atoms with van der Waals surface area (Å²) < 4.78 is 6.03. The van der Waals surface area contributed by atoms with Crippen LogP contribution in [0.2, 0.25) is 0 Å². The summed E-state index contributed by atoms with van der Waals surface area (Å²) in [6, 6.07) is 21.8. The highest BCUT2D eigenvalue weighted by molar-refractivity contribution is 5.93. The average molecular weight is 413 g/mol. The third kappa shape index (κ3) is 4.03. The minimum absolute atomic E-state index is 0.0182. The molecule has 3 aromatic rings.